The molecule has 1 rings (SSSR count). The molecule has 0 saturated carbocycles. The maximum absolute atomic E-state index is 11.4. The molecule has 0 aliphatic rings. The SMILES string of the molecule is CCCCNC(=O)CCCc1cccnc1. The second-order valence-corrected chi connectivity index (χ2v) is 3.92. The zero-order valence-corrected chi connectivity index (χ0v) is 9.91. The van der Waals surface area contributed by atoms with Gasteiger partial charge < -0.3 is 5.32 Å². The maximum atomic E-state index is 11.4. The summed E-state index contributed by atoms with van der Waals surface area (Å²) in [5, 5.41) is 2.92. The van der Waals surface area contributed by atoms with Crippen molar-refractivity contribution in [3.63, 3.8) is 0 Å². The lowest BCUT2D eigenvalue weighted by molar-refractivity contribution is -0.121. The molecule has 0 bridgehead atoms. The summed E-state index contributed by atoms with van der Waals surface area (Å²) in [4.78, 5) is 15.4. The number of aromatic nitrogens is 1. The number of amides is 1. The highest BCUT2D eigenvalue weighted by Crippen LogP contribution is 2.02. The van der Waals surface area contributed by atoms with Crippen molar-refractivity contribution >= 4 is 5.91 Å². The summed E-state index contributed by atoms with van der Waals surface area (Å²) in [6, 6.07) is 3.97. The van der Waals surface area contributed by atoms with Crippen molar-refractivity contribution in [2.75, 3.05) is 6.54 Å². The second kappa shape index (κ2) is 7.85. The minimum absolute atomic E-state index is 0.164. The van der Waals surface area contributed by atoms with E-state index < -0.39 is 0 Å². The Balaban J connectivity index is 2.09. The van der Waals surface area contributed by atoms with E-state index >= 15 is 0 Å². The number of nitrogens with zero attached hydrogens (tertiary/aromatic N) is 1. The molecule has 1 aromatic heterocycles. The van der Waals surface area contributed by atoms with Crippen molar-refractivity contribution < 1.29 is 4.79 Å². The van der Waals surface area contributed by atoms with Gasteiger partial charge in [0.15, 0.2) is 0 Å². The largest absolute Gasteiger partial charge is 0.356 e. The number of hydrogen-bond acceptors (Lipinski definition) is 2. The van der Waals surface area contributed by atoms with Gasteiger partial charge >= 0.3 is 0 Å². The summed E-state index contributed by atoms with van der Waals surface area (Å²) >= 11 is 0. The molecule has 16 heavy (non-hydrogen) atoms. The lowest BCUT2D eigenvalue weighted by Crippen LogP contribution is -2.23. The third-order valence-corrected chi connectivity index (χ3v) is 2.44. The molecule has 3 nitrogen and oxygen atoms in total. The summed E-state index contributed by atoms with van der Waals surface area (Å²) in [6.45, 7) is 2.93. The molecule has 1 aromatic rings. The number of carbonyl (C=O) groups is 1. The average molecular weight is 220 g/mol. The Hall–Kier alpha value is -1.38. The second-order valence-electron chi connectivity index (χ2n) is 3.92. The Labute approximate surface area is 97.3 Å². The first kappa shape index (κ1) is 12.7. The van der Waals surface area contributed by atoms with Crippen LogP contribution in [-0.2, 0) is 11.2 Å². The van der Waals surface area contributed by atoms with Crippen LogP contribution in [-0.4, -0.2) is 17.4 Å². The van der Waals surface area contributed by atoms with Gasteiger partial charge in [-0.15, -0.1) is 0 Å². The highest BCUT2D eigenvalue weighted by atomic mass is 16.1. The fourth-order valence-corrected chi connectivity index (χ4v) is 1.49. The zero-order valence-electron chi connectivity index (χ0n) is 9.91. The van der Waals surface area contributed by atoms with E-state index in [1.165, 1.54) is 5.56 Å². The van der Waals surface area contributed by atoms with Gasteiger partial charge in [-0.25, -0.2) is 0 Å². The molecule has 0 spiro atoms. The molecule has 1 heterocycles. The van der Waals surface area contributed by atoms with Crippen LogP contribution in [0.4, 0.5) is 0 Å². The van der Waals surface area contributed by atoms with E-state index in [1.54, 1.807) is 6.20 Å². The average Bonchev–Trinajstić information content (AvgIpc) is 2.31. The van der Waals surface area contributed by atoms with Gasteiger partial charge in [0.2, 0.25) is 5.91 Å². The van der Waals surface area contributed by atoms with Crippen LogP contribution >= 0.6 is 0 Å². The number of carbonyl (C=O) groups excluding carboxylic acids is 1. The van der Waals surface area contributed by atoms with Crippen molar-refractivity contribution in [2.24, 2.45) is 0 Å². The molecule has 1 N–H and O–H groups in total. The Morgan fingerprint density at radius 3 is 3.00 bits per heavy atom. The fourth-order valence-electron chi connectivity index (χ4n) is 1.49. The molecule has 0 atom stereocenters. The summed E-state index contributed by atoms with van der Waals surface area (Å²) in [7, 11) is 0. The van der Waals surface area contributed by atoms with Gasteiger partial charge in [0.1, 0.15) is 0 Å². The number of hydrogen-bond donors (Lipinski definition) is 1. The molecular formula is C13H20N2O. The summed E-state index contributed by atoms with van der Waals surface area (Å²) in [5.41, 5.74) is 1.20. The predicted octanol–water partition coefficient (Wildman–Crippen LogP) is 2.32. The van der Waals surface area contributed by atoms with E-state index in [0.29, 0.717) is 6.42 Å². The normalized spacial score (nSPS) is 10.1. The van der Waals surface area contributed by atoms with Crippen LogP contribution in [0.5, 0.6) is 0 Å². The summed E-state index contributed by atoms with van der Waals surface area (Å²) in [6.07, 6.45) is 8.23. The van der Waals surface area contributed by atoms with E-state index in [1.807, 2.05) is 18.3 Å². The van der Waals surface area contributed by atoms with Gasteiger partial charge in [-0.3, -0.25) is 9.78 Å². The molecule has 0 unspecified atom stereocenters. The first-order valence-corrected chi connectivity index (χ1v) is 5.98. The van der Waals surface area contributed by atoms with E-state index in [0.717, 1.165) is 32.2 Å². The van der Waals surface area contributed by atoms with Crippen molar-refractivity contribution in [1.29, 1.82) is 0 Å². The zero-order chi connectivity index (χ0) is 11.6. The van der Waals surface area contributed by atoms with Crippen LogP contribution in [0.3, 0.4) is 0 Å². The van der Waals surface area contributed by atoms with E-state index in [-0.39, 0.29) is 5.91 Å². The lowest BCUT2D eigenvalue weighted by Gasteiger charge is -2.04. The molecule has 0 saturated heterocycles. The number of nitrogens with one attached hydrogen (secondary N) is 1. The monoisotopic (exact) mass is 220 g/mol. The van der Waals surface area contributed by atoms with Crippen LogP contribution in [0.2, 0.25) is 0 Å². The third kappa shape index (κ3) is 5.49. The minimum Gasteiger partial charge on any atom is -0.356 e. The molecule has 3 heteroatoms. The first-order valence-electron chi connectivity index (χ1n) is 5.98. The van der Waals surface area contributed by atoms with Crippen LogP contribution in [0.1, 0.15) is 38.2 Å². The topological polar surface area (TPSA) is 42.0 Å². The van der Waals surface area contributed by atoms with Crippen LogP contribution in [0.15, 0.2) is 24.5 Å². The van der Waals surface area contributed by atoms with Gasteiger partial charge in [-0.2, -0.15) is 0 Å². The quantitative estimate of drug-likeness (QED) is 0.716. The van der Waals surface area contributed by atoms with Crippen LogP contribution in [0, 0.1) is 0 Å². The number of unbranched alkanes of at least 4 members (excludes halogenated alkanes) is 1. The fraction of sp³-hybridized carbons (Fsp3) is 0.538. The van der Waals surface area contributed by atoms with E-state index in [4.69, 9.17) is 0 Å². The highest BCUT2D eigenvalue weighted by molar-refractivity contribution is 5.75. The standard InChI is InChI=1S/C13H20N2O/c1-2-3-10-15-13(16)8-4-6-12-7-5-9-14-11-12/h5,7,9,11H,2-4,6,8,10H2,1H3,(H,15,16). The van der Waals surface area contributed by atoms with Crippen molar-refractivity contribution in [2.45, 2.75) is 39.0 Å². The molecule has 88 valence electrons. The smallest absolute Gasteiger partial charge is 0.220 e. The van der Waals surface area contributed by atoms with Crippen molar-refractivity contribution in [3.05, 3.63) is 30.1 Å². The molecule has 0 aliphatic carbocycles. The first-order chi connectivity index (χ1) is 7.83. The van der Waals surface area contributed by atoms with Gasteiger partial charge in [0.05, 0.1) is 0 Å². The summed E-state index contributed by atoms with van der Waals surface area (Å²) in [5.74, 6) is 0.164. The minimum atomic E-state index is 0.164. The molecule has 0 aromatic carbocycles. The van der Waals surface area contributed by atoms with Crippen molar-refractivity contribution in [3.8, 4) is 0 Å². The summed E-state index contributed by atoms with van der Waals surface area (Å²) < 4.78 is 0. The number of pyridine rings is 1. The van der Waals surface area contributed by atoms with Crippen LogP contribution < -0.4 is 5.32 Å². The predicted molar refractivity (Wildman–Crippen MR) is 65.1 cm³/mol. The van der Waals surface area contributed by atoms with Gasteiger partial charge in [0.25, 0.3) is 0 Å². The molecule has 0 radical (unpaired) electrons. The Morgan fingerprint density at radius 2 is 2.31 bits per heavy atom. The maximum Gasteiger partial charge on any atom is 0.220 e. The Morgan fingerprint density at radius 1 is 1.44 bits per heavy atom. The van der Waals surface area contributed by atoms with E-state index in [9.17, 15) is 4.79 Å². The molecule has 1 amide bonds. The molecule has 0 fully saturated rings. The van der Waals surface area contributed by atoms with Crippen LogP contribution in [0.25, 0.3) is 0 Å². The number of rotatable bonds is 7. The Bertz CT molecular complexity index is 298. The Kier molecular flexibility index (Phi) is 6.23. The van der Waals surface area contributed by atoms with Gasteiger partial charge in [-0.1, -0.05) is 19.4 Å². The van der Waals surface area contributed by atoms with E-state index in [2.05, 4.69) is 17.2 Å². The lowest BCUT2D eigenvalue weighted by atomic mass is 10.1. The molecular weight excluding hydrogens is 200 g/mol. The third-order valence-electron chi connectivity index (χ3n) is 2.44. The molecule has 0 aliphatic heterocycles. The van der Waals surface area contributed by atoms with Crippen molar-refractivity contribution in [1.82, 2.24) is 10.3 Å². The van der Waals surface area contributed by atoms with Gasteiger partial charge in [0, 0.05) is 25.4 Å². The van der Waals surface area contributed by atoms with Gasteiger partial charge in [-0.05, 0) is 30.9 Å². The number of aryl methyl sites for hydroxylation is 1. The highest BCUT2D eigenvalue weighted by Gasteiger charge is 2.00.